The number of carboxylic acids is 1. The summed E-state index contributed by atoms with van der Waals surface area (Å²) >= 11 is 0. The van der Waals surface area contributed by atoms with E-state index >= 15 is 0 Å². The quantitative estimate of drug-likeness (QED) is 0.553. The van der Waals surface area contributed by atoms with Crippen molar-refractivity contribution in [3.63, 3.8) is 0 Å². The average molecular weight is 270 g/mol. The number of aliphatic carboxylic acids is 1. The number of hydrogen-bond donors (Lipinski definition) is 3. The monoisotopic (exact) mass is 270 g/mol. The molecule has 1 amide bonds. The van der Waals surface area contributed by atoms with Gasteiger partial charge in [-0.2, -0.15) is 0 Å². The number of amides is 1. The summed E-state index contributed by atoms with van der Waals surface area (Å²) in [7, 11) is 2.76. The Morgan fingerprint density at radius 1 is 1.21 bits per heavy atom. The molecular formula is C10H14N4O5. The van der Waals surface area contributed by atoms with Crippen LogP contribution in [0.25, 0.3) is 0 Å². The smallest absolute Gasteiger partial charge is 0.332 e. The zero-order valence-corrected chi connectivity index (χ0v) is 10.5. The lowest BCUT2D eigenvalue weighted by molar-refractivity contribution is -0.138. The van der Waals surface area contributed by atoms with E-state index in [2.05, 4.69) is 10.9 Å². The first-order chi connectivity index (χ1) is 8.82. The third-order valence-electron chi connectivity index (χ3n) is 2.42. The van der Waals surface area contributed by atoms with Gasteiger partial charge in [-0.3, -0.25) is 34.4 Å². The predicted molar refractivity (Wildman–Crippen MR) is 65.6 cm³/mol. The van der Waals surface area contributed by atoms with Gasteiger partial charge in [0.15, 0.2) is 0 Å². The summed E-state index contributed by atoms with van der Waals surface area (Å²) in [5, 5.41) is 8.41. The van der Waals surface area contributed by atoms with E-state index in [1.54, 1.807) is 0 Å². The minimum Gasteiger partial charge on any atom is -0.481 e. The Bertz CT molecular complexity index is 615. The Kier molecular flexibility index (Phi) is 4.46. The summed E-state index contributed by atoms with van der Waals surface area (Å²) in [5.41, 5.74) is 3.54. The third kappa shape index (κ3) is 3.69. The highest BCUT2D eigenvalue weighted by molar-refractivity contribution is 5.81. The molecule has 0 aromatic carbocycles. The van der Waals surface area contributed by atoms with Crippen LogP contribution in [-0.4, -0.2) is 26.1 Å². The van der Waals surface area contributed by atoms with Gasteiger partial charge in [-0.15, -0.1) is 0 Å². The molecule has 0 atom stereocenters. The number of aromatic nitrogens is 2. The standard InChI is InChI=1S/C10H14N4O5/c1-13-6(5-8(16)14(2)10(13)19)11-12-7(15)3-4-9(17)18/h5,11H,3-4H2,1-2H3,(H,12,15)(H,17,18). The molecule has 104 valence electrons. The number of hydrazine groups is 1. The number of rotatable bonds is 5. The summed E-state index contributed by atoms with van der Waals surface area (Å²) < 4.78 is 2.05. The van der Waals surface area contributed by atoms with Crippen molar-refractivity contribution in [2.45, 2.75) is 12.8 Å². The Morgan fingerprint density at radius 2 is 1.84 bits per heavy atom. The van der Waals surface area contributed by atoms with Crippen molar-refractivity contribution >= 4 is 17.7 Å². The first kappa shape index (κ1) is 14.5. The zero-order chi connectivity index (χ0) is 14.6. The summed E-state index contributed by atoms with van der Waals surface area (Å²) in [6, 6.07) is 1.14. The van der Waals surface area contributed by atoms with Crippen molar-refractivity contribution in [3.05, 3.63) is 26.9 Å². The number of nitrogens with zero attached hydrogens (tertiary/aromatic N) is 2. The van der Waals surface area contributed by atoms with E-state index in [4.69, 9.17) is 5.11 Å². The first-order valence-electron chi connectivity index (χ1n) is 5.36. The van der Waals surface area contributed by atoms with Crippen LogP contribution in [0.3, 0.4) is 0 Å². The second kappa shape index (κ2) is 5.85. The molecule has 0 radical (unpaired) electrons. The second-order valence-electron chi connectivity index (χ2n) is 3.84. The van der Waals surface area contributed by atoms with Crippen LogP contribution in [0.5, 0.6) is 0 Å². The fourth-order valence-corrected chi connectivity index (χ4v) is 1.27. The number of carbonyl (C=O) groups excluding carboxylic acids is 1. The first-order valence-corrected chi connectivity index (χ1v) is 5.36. The highest BCUT2D eigenvalue weighted by atomic mass is 16.4. The predicted octanol–water partition coefficient (Wildman–Crippen LogP) is -1.61. The third-order valence-corrected chi connectivity index (χ3v) is 2.42. The highest BCUT2D eigenvalue weighted by Gasteiger charge is 2.08. The van der Waals surface area contributed by atoms with Gasteiger partial charge in [0.05, 0.1) is 6.42 Å². The van der Waals surface area contributed by atoms with Gasteiger partial charge in [-0.25, -0.2) is 4.79 Å². The average Bonchev–Trinajstić information content (AvgIpc) is 2.36. The Morgan fingerprint density at radius 3 is 2.42 bits per heavy atom. The van der Waals surface area contributed by atoms with Crippen LogP contribution in [-0.2, 0) is 23.7 Å². The molecule has 1 aromatic heterocycles. The number of anilines is 1. The molecule has 1 aromatic rings. The lowest BCUT2D eigenvalue weighted by Crippen LogP contribution is -2.40. The Balaban J connectivity index is 2.74. The van der Waals surface area contributed by atoms with Crippen molar-refractivity contribution < 1.29 is 14.7 Å². The van der Waals surface area contributed by atoms with Crippen LogP contribution < -0.4 is 22.1 Å². The van der Waals surface area contributed by atoms with E-state index < -0.39 is 23.1 Å². The van der Waals surface area contributed by atoms with E-state index in [0.29, 0.717) is 0 Å². The number of hydrogen-bond acceptors (Lipinski definition) is 5. The minimum atomic E-state index is -1.09. The van der Waals surface area contributed by atoms with Crippen LogP contribution in [0.4, 0.5) is 5.82 Å². The van der Waals surface area contributed by atoms with Gasteiger partial charge < -0.3 is 5.11 Å². The molecular weight excluding hydrogens is 256 g/mol. The maximum atomic E-state index is 11.6. The van der Waals surface area contributed by atoms with E-state index in [1.165, 1.54) is 14.1 Å². The van der Waals surface area contributed by atoms with Gasteiger partial charge >= 0.3 is 11.7 Å². The van der Waals surface area contributed by atoms with Crippen LogP contribution in [0.15, 0.2) is 15.7 Å². The molecule has 1 heterocycles. The van der Waals surface area contributed by atoms with Crippen molar-refractivity contribution in [2.24, 2.45) is 14.1 Å². The normalized spacial score (nSPS) is 10.0. The van der Waals surface area contributed by atoms with Crippen molar-refractivity contribution in [1.82, 2.24) is 14.6 Å². The van der Waals surface area contributed by atoms with Crippen LogP contribution >= 0.6 is 0 Å². The van der Waals surface area contributed by atoms with Gasteiger partial charge in [0.1, 0.15) is 5.82 Å². The van der Waals surface area contributed by atoms with Crippen molar-refractivity contribution in [3.8, 4) is 0 Å². The molecule has 0 saturated carbocycles. The molecule has 0 fully saturated rings. The molecule has 0 aliphatic carbocycles. The Hall–Kier alpha value is -2.58. The Labute approximate surface area is 107 Å². The molecule has 0 unspecified atom stereocenters. The summed E-state index contributed by atoms with van der Waals surface area (Å²) in [6.07, 6.45) is -0.510. The largest absolute Gasteiger partial charge is 0.481 e. The van der Waals surface area contributed by atoms with Gasteiger partial charge in [0.2, 0.25) is 5.91 Å². The minimum absolute atomic E-state index is 0.108. The van der Waals surface area contributed by atoms with E-state index in [0.717, 1.165) is 15.2 Å². The van der Waals surface area contributed by atoms with Crippen molar-refractivity contribution in [1.29, 1.82) is 0 Å². The van der Waals surface area contributed by atoms with Crippen LogP contribution in [0.2, 0.25) is 0 Å². The van der Waals surface area contributed by atoms with Crippen LogP contribution in [0.1, 0.15) is 12.8 Å². The molecule has 1 rings (SSSR count). The van der Waals surface area contributed by atoms with Crippen molar-refractivity contribution in [2.75, 3.05) is 5.43 Å². The summed E-state index contributed by atoms with van der Waals surface area (Å²) in [4.78, 5) is 44.5. The number of nitrogens with one attached hydrogen (secondary N) is 2. The molecule has 9 nitrogen and oxygen atoms in total. The molecule has 19 heavy (non-hydrogen) atoms. The molecule has 0 aliphatic rings. The summed E-state index contributed by atoms with van der Waals surface area (Å²) in [5.74, 6) is -1.54. The maximum Gasteiger partial charge on any atom is 0.332 e. The molecule has 9 heteroatoms. The van der Waals surface area contributed by atoms with Gasteiger partial charge in [-0.05, 0) is 0 Å². The molecule has 0 aliphatic heterocycles. The number of carbonyl (C=O) groups is 2. The molecule has 0 bridgehead atoms. The lowest BCUT2D eigenvalue weighted by atomic mass is 10.3. The lowest BCUT2D eigenvalue weighted by Gasteiger charge is -2.12. The molecule has 3 N–H and O–H groups in total. The topological polar surface area (TPSA) is 122 Å². The SMILES string of the molecule is Cn1c(NNC(=O)CCC(=O)O)cc(=O)n(C)c1=O. The van der Waals surface area contributed by atoms with Gasteiger partial charge in [-0.1, -0.05) is 0 Å². The summed E-state index contributed by atoms with van der Waals surface area (Å²) in [6.45, 7) is 0. The zero-order valence-electron chi connectivity index (χ0n) is 10.5. The van der Waals surface area contributed by atoms with E-state index in [9.17, 15) is 19.2 Å². The van der Waals surface area contributed by atoms with Gasteiger partial charge in [0.25, 0.3) is 5.56 Å². The van der Waals surface area contributed by atoms with E-state index in [-0.39, 0.29) is 18.7 Å². The highest BCUT2D eigenvalue weighted by Crippen LogP contribution is 1.96. The number of carboxylic acid groups (broad SMARTS) is 1. The second-order valence-corrected chi connectivity index (χ2v) is 3.84. The van der Waals surface area contributed by atoms with E-state index in [1.807, 2.05) is 0 Å². The fraction of sp³-hybridized carbons (Fsp3) is 0.400. The van der Waals surface area contributed by atoms with Gasteiger partial charge in [0, 0.05) is 26.6 Å². The maximum absolute atomic E-state index is 11.6. The van der Waals surface area contributed by atoms with Crippen LogP contribution in [0, 0.1) is 0 Å². The molecule has 0 saturated heterocycles. The molecule has 0 spiro atoms. The fourth-order valence-electron chi connectivity index (χ4n) is 1.27.